The fraction of sp³-hybridized carbons (Fsp3) is 0.391. The van der Waals surface area contributed by atoms with Gasteiger partial charge in [0.2, 0.25) is 11.8 Å². The summed E-state index contributed by atoms with van der Waals surface area (Å²) in [5, 5.41) is 4.26. The van der Waals surface area contributed by atoms with Crippen LogP contribution >= 0.6 is 35.0 Å². The van der Waals surface area contributed by atoms with E-state index in [4.69, 9.17) is 23.2 Å². The van der Waals surface area contributed by atoms with E-state index in [0.29, 0.717) is 28.8 Å². The Kier molecular flexibility index (Phi) is 10.0. The fourth-order valence-corrected chi connectivity index (χ4v) is 3.99. The van der Waals surface area contributed by atoms with Gasteiger partial charge in [-0.2, -0.15) is 0 Å². The van der Waals surface area contributed by atoms with Crippen LogP contribution in [0.25, 0.3) is 0 Å². The summed E-state index contributed by atoms with van der Waals surface area (Å²) < 4.78 is 0. The van der Waals surface area contributed by atoms with E-state index in [2.05, 4.69) is 5.32 Å². The molecule has 0 spiro atoms. The first-order valence-corrected chi connectivity index (χ1v) is 11.8. The number of amides is 2. The van der Waals surface area contributed by atoms with Gasteiger partial charge in [-0.25, -0.2) is 0 Å². The molecule has 30 heavy (non-hydrogen) atoms. The normalized spacial score (nSPS) is 12.8. The Morgan fingerprint density at radius 1 is 1.07 bits per heavy atom. The molecule has 162 valence electrons. The van der Waals surface area contributed by atoms with Crippen LogP contribution in [0.3, 0.4) is 0 Å². The number of carbonyl (C=O) groups is 2. The van der Waals surface area contributed by atoms with Crippen molar-refractivity contribution in [3.05, 3.63) is 64.1 Å². The van der Waals surface area contributed by atoms with Crippen LogP contribution in [0, 0.1) is 0 Å². The molecular weight excluding hydrogens is 439 g/mol. The molecule has 2 amide bonds. The second kappa shape index (κ2) is 12.2. The van der Waals surface area contributed by atoms with Crippen molar-refractivity contribution in [3.63, 3.8) is 0 Å². The van der Waals surface area contributed by atoms with Gasteiger partial charge in [-0.3, -0.25) is 9.59 Å². The van der Waals surface area contributed by atoms with E-state index in [-0.39, 0.29) is 17.9 Å². The summed E-state index contributed by atoms with van der Waals surface area (Å²) in [7, 11) is 0. The molecule has 0 unspecified atom stereocenters. The number of hydrogen-bond acceptors (Lipinski definition) is 3. The van der Waals surface area contributed by atoms with E-state index in [0.717, 1.165) is 16.9 Å². The van der Waals surface area contributed by atoms with Crippen LogP contribution in [0.15, 0.2) is 53.4 Å². The van der Waals surface area contributed by atoms with Gasteiger partial charge in [0.15, 0.2) is 0 Å². The molecule has 2 aromatic rings. The van der Waals surface area contributed by atoms with Crippen LogP contribution in [0.5, 0.6) is 0 Å². The van der Waals surface area contributed by atoms with Gasteiger partial charge in [0.25, 0.3) is 0 Å². The second-order valence-electron chi connectivity index (χ2n) is 7.20. The Hall–Kier alpha value is -1.69. The highest BCUT2D eigenvalue weighted by molar-refractivity contribution is 7.99. The van der Waals surface area contributed by atoms with E-state index < -0.39 is 6.04 Å². The van der Waals surface area contributed by atoms with Crippen LogP contribution in [-0.4, -0.2) is 34.6 Å². The quantitative estimate of drug-likeness (QED) is 0.449. The predicted molar refractivity (Wildman–Crippen MR) is 126 cm³/mol. The lowest BCUT2D eigenvalue weighted by Crippen LogP contribution is -2.49. The molecule has 2 atom stereocenters. The summed E-state index contributed by atoms with van der Waals surface area (Å²) in [5.74, 6) is 0.403. The average molecular weight is 467 g/mol. The molecule has 0 aliphatic carbocycles. The number of nitrogens with one attached hydrogen (secondary N) is 1. The second-order valence-corrected chi connectivity index (χ2v) is 9.24. The highest BCUT2D eigenvalue weighted by Crippen LogP contribution is 2.22. The van der Waals surface area contributed by atoms with Crippen LogP contribution < -0.4 is 5.32 Å². The molecule has 0 saturated carbocycles. The molecule has 1 N–H and O–H groups in total. The van der Waals surface area contributed by atoms with Gasteiger partial charge in [0.1, 0.15) is 6.04 Å². The van der Waals surface area contributed by atoms with Gasteiger partial charge in [0, 0.05) is 39.7 Å². The molecule has 0 heterocycles. The smallest absolute Gasteiger partial charge is 0.242 e. The zero-order chi connectivity index (χ0) is 22.1. The minimum Gasteiger partial charge on any atom is -0.352 e. The molecule has 0 fully saturated rings. The monoisotopic (exact) mass is 466 g/mol. The Balaban J connectivity index is 2.07. The Bertz CT molecular complexity index is 845. The molecule has 4 nitrogen and oxygen atoms in total. The average Bonchev–Trinajstić information content (AvgIpc) is 2.72. The highest BCUT2D eigenvalue weighted by Gasteiger charge is 2.26. The Morgan fingerprint density at radius 3 is 2.40 bits per heavy atom. The number of benzene rings is 2. The zero-order valence-electron chi connectivity index (χ0n) is 17.5. The highest BCUT2D eigenvalue weighted by atomic mass is 35.5. The van der Waals surface area contributed by atoms with E-state index in [9.17, 15) is 9.59 Å². The molecular formula is C23H28Cl2N2O2S. The van der Waals surface area contributed by atoms with Crippen molar-refractivity contribution in [3.8, 4) is 0 Å². The molecule has 7 heteroatoms. The van der Waals surface area contributed by atoms with Crippen LogP contribution in [-0.2, 0) is 16.1 Å². The number of carbonyl (C=O) groups excluding carboxylic acids is 2. The first-order valence-electron chi connectivity index (χ1n) is 10.0. The number of hydrogen-bond donors (Lipinski definition) is 1. The SMILES string of the molecule is CC[C@@H](C)NC(=O)[C@@H](C)N(Cc1cccc(Cl)c1)C(=O)CCSc1ccc(Cl)cc1. The van der Waals surface area contributed by atoms with Crippen molar-refractivity contribution in [1.29, 1.82) is 0 Å². The number of halogens is 2. The number of nitrogens with zero attached hydrogens (tertiary/aromatic N) is 1. The standard InChI is InChI=1S/C23H28Cl2N2O2S/c1-4-16(2)26-23(29)17(3)27(15-18-6-5-7-20(25)14-18)22(28)12-13-30-21-10-8-19(24)9-11-21/h5-11,14,16-17H,4,12-13,15H2,1-3H3,(H,26,29)/t16-,17-/m1/s1. The van der Waals surface area contributed by atoms with Crippen molar-refractivity contribution in [2.45, 2.75) is 57.1 Å². The van der Waals surface area contributed by atoms with Crippen LogP contribution in [0.4, 0.5) is 0 Å². The minimum atomic E-state index is -0.578. The summed E-state index contributed by atoms with van der Waals surface area (Å²) in [6.45, 7) is 6.07. The topological polar surface area (TPSA) is 49.4 Å². The van der Waals surface area contributed by atoms with Gasteiger partial charge in [-0.05, 0) is 62.2 Å². The van der Waals surface area contributed by atoms with E-state index in [1.807, 2.05) is 56.3 Å². The predicted octanol–water partition coefficient (Wildman–Crippen LogP) is 5.81. The zero-order valence-corrected chi connectivity index (χ0v) is 19.9. The first kappa shape index (κ1) is 24.6. The Morgan fingerprint density at radius 2 is 1.77 bits per heavy atom. The summed E-state index contributed by atoms with van der Waals surface area (Å²) in [6, 6.07) is 14.4. The van der Waals surface area contributed by atoms with Crippen molar-refractivity contribution >= 4 is 46.8 Å². The van der Waals surface area contributed by atoms with Crippen molar-refractivity contribution in [2.75, 3.05) is 5.75 Å². The molecule has 0 aliphatic rings. The maximum atomic E-state index is 13.1. The fourth-order valence-electron chi connectivity index (χ4n) is 2.81. The number of thioether (sulfide) groups is 1. The van der Waals surface area contributed by atoms with Crippen LogP contribution in [0.1, 0.15) is 39.2 Å². The lowest BCUT2D eigenvalue weighted by molar-refractivity contribution is -0.140. The van der Waals surface area contributed by atoms with Gasteiger partial charge in [0.05, 0.1) is 0 Å². The molecule has 2 rings (SSSR count). The van der Waals surface area contributed by atoms with E-state index >= 15 is 0 Å². The summed E-state index contributed by atoms with van der Waals surface area (Å²) >= 11 is 13.6. The molecule has 0 saturated heterocycles. The molecule has 2 aromatic carbocycles. The largest absolute Gasteiger partial charge is 0.352 e. The van der Waals surface area contributed by atoms with E-state index in [1.165, 1.54) is 0 Å². The first-order chi connectivity index (χ1) is 14.3. The third kappa shape index (κ3) is 7.86. The van der Waals surface area contributed by atoms with Crippen molar-refractivity contribution in [1.82, 2.24) is 10.2 Å². The minimum absolute atomic E-state index is 0.0588. The molecule has 0 aliphatic heterocycles. The maximum Gasteiger partial charge on any atom is 0.242 e. The van der Waals surface area contributed by atoms with E-state index in [1.54, 1.807) is 29.7 Å². The third-order valence-corrected chi connectivity index (χ3v) is 6.31. The lowest BCUT2D eigenvalue weighted by atomic mass is 10.1. The van der Waals surface area contributed by atoms with Gasteiger partial charge in [-0.15, -0.1) is 11.8 Å². The van der Waals surface area contributed by atoms with Crippen molar-refractivity contribution < 1.29 is 9.59 Å². The maximum absolute atomic E-state index is 13.1. The summed E-state index contributed by atoms with van der Waals surface area (Å²) in [5.41, 5.74) is 0.893. The molecule has 0 bridgehead atoms. The lowest BCUT2D eigenvalue weighted by Gasteiger charge is -2.29. The van der Waals surface area contributed by atoms with Crippen molar-refractivity contribution in [2.24, 2.45) is 0 Å². The van der Waals surface area contributed by atoms with Gasteiger partial charge >= 0.3 is 0 Å². The molecule has 0 aromatic heterocycles. The third-order valence-electron chi connectivity index (χ3n) is 4.81. The summed E-state index contributed by atoms with van der Waals surface area (Å²) in [6.07, 6.45) is 1.16. The van der Waals surface area contributed by atoms with Crippen LogP contribution in [0.2, 0.25) is 10.0 Å². The summed E-state index contributed by atoms with van der Waals surface area (Å²) in [4.78, 5) is 28.4. The Labute approximate surface area is 193 Å². The molecule has 0 radical (unpaired) electrons. The number of rotatable bonds is 10. The van der Waals surface area contributed by atoms with Gasteiger partial charge in [-0.1, -0.05) is 42.3 Å². The van der Waals surface area contributed by atoms with Gasteiger partial charge < -0.3 is 10.2 Å².